The highest BCUT2D eigenvalue weighted by Crippen LogP contribution is 2.27. The van der Waals surface area contributed by atoms with E-state index in [9.17, 15) is 31.9 Å². The number of aromatic nitrogens is 3. The van der Waals surface area contributed by atoms with Crippen LogP contribution in [0.1, 0.15) is 5.69 Å². The average Bonchev–Trinajstić information content (AvgIpc) is 2.85. The fourth-order valence-corrected chi connectivity index (χ4v) is 3.50. The van der Waals surface area contributed by atoms with Crippen molar-refractivity contribution in [1.29, 1.82) is 0 Å². The van der Waals surface area contributed by atoms with Crippen LogP contribution in [0.4, 0.5) is 17.6 Å². The number of hydrogen-bond donors (Lipinski definition) is 0. The molecular weight excluding hydrogens is 390 g/mol. The van der Waals surface area contributed by atoms with Crippen LogP contribution in [0.5, 0.6) is 0 Å². The average molecular weight is 399 g/mol. The second kappa shape index (κ2) is 6.24. The van der Waals surface area contributed by atoms with Crippen LogP contribution in [-0.2, 0) is 19.8 Å². The van der Waals surface area contributed by atoms with Gasteiger partial charge in [-0.3, -0.25) is 18.7 Å². The van der Waals surface area contributed by atoms with Crippen molar-refractivity contribution in [2.75, 3.05) is 0 Å². The number of hydrogen-bond acceptors (Lipinski definition) is 4. The minimum atomic E-state index is -4.94. The number of fused-ring (bicyclic) bond motifs is 1. The lowest BCUT2D eigenvalue weighted by Crippen LogP contribution is -2.41. The predicted molar refractivity (Wildman–Crippen MR) is 90.7 cm³/mol. The van der Waals surface area contributed by atoms with Gasteiger partial charge in [-0.1, -0.05) is 17.3 Å². The van der Waals surface area contributed by atoms with Crippen LogP contribution in [-0.4, -0.2) is 13.7 Å². The van der Waals surface area contributed by atoms with Crippen molar-refractivity contribution in [3.63, 3.8) is 0 Å². The Kier molecular flexibility index (Phi) is 4.31. The molecule has 140 valence electrons. The molecule has 0 amide bonds. The molecule has 11 heteroatoms. The third-order valence-corrected chi connectivity index (χ3v) is 4.78. The highest BCUT2D eigenvalue weighted by Gasteiger charge is 2.35. The summed E-state index contributed by atoms with van der Waals surface area (Å²) in [5.74, 6) is 1.20. The van der Waals surface area contributed by atoms with Gasteiger partial charge in [-0.2, -0.15) is 13.2 Å². The Bertz CT molecular complexity index is 1290. The van der Waals surface area contributed by atoms with E-state index in [2.05, 4.69) is 5.92 Å². The summed E-state index contributed by atoms with van der Waals surface area (Å²) >= 11 is 0.707. The van der Waals surface area contributed by atoms with Crippen molar-refractivity contribution in [1.82, 2.24) is 13.7 Å². The maximum Gasteiger partial charge on any atom is 0.431 e. The molecule has 0 bridgehead atoms. The predicted octanol–water partition coefficient (Wildman–Crippen LogP) is 1.70. The van der Waals surface area contributed by atoms with Gasteiger partial charge in [-0.05, 0) is 12.1 Å². The summed E-state index contributed by atoms with van der Waals surface area (Å²) in [6.45, 7) is -0.135. The lowest BCUT2D eigenvalue weighted by molar-refractivity contribution is -0.144. The summed E-state index contributed by atoms with van der Waals surface area (Å²) < 4.78 is 55.1. The van der Waals surface area contributed by atoms with Gasteiger partial charge in [0.15, 0.2) is 0 Å². The van der Waals surface area contributed by atoms with E-state index in [1.54, 1.807) is 0 Å². The van der Waals surface area contributed by atoms with Crippen LogP contribution in [0.3, 0.4) is 0 Å². The van der Waals surface area contributed by atoms with Crippen LogP contribution < -0.4 is 16.1 Å². The molecule has 0 unspecified atom stereocenters. The van der Waals surface area contributed by atoms with E-state index in [0.717, 1.165) is 23.7 Å². The molecule has 3 aromatic rings. The zero-order valence-corrected chi connectivity index (χ0v) is 14.3. The smallest absolute Gasteiger partial charge is 0.292 e. The molecule has 0 radical (unpaired) electrons. The maximum atomic E-state index is 14.5. The molecule has 3 rings (SSSR count). The van der Waals surface area contributed by atoms with E-state index in [4.69, 9.17) is 6.42 Å². The lowest BCUT2D eigenvalue weighted by Gasteiger charge is -2.14. The van der Waals surface area contributed by atoms with E-state index in [0.29, 0.717) is 11.3 Å². The van der Waals surface area contributed by atoms with Gasteiger partial charge in [0.05, 0.1) is 22.4 Å². The van der Waals surface area contributed by atoms with Gasteiger partial charge in [-0.25, -0.2) is 13.8 Å². The largest absolute Gasteiger partial charge is 0.431 e. The van der Waals surface area contributed by atoms with Crippen molar-refractivity contribution >= 4 is 21.6 Å². The second-order valence-electron chi connectivity index (χ2n) is 5.47. The minimum Gasteiger partial charge on any atom is -0.292 e. The highest BCUT2D eigenvalue weighted by molar-refractivity contribution is 7.16. The van der Waals surface area contributed by atoms with Gasteiger partial charge in [-0.15, -0.1) is 6.42 Å². The lowest BCUT2D eigenvalue weighted by atomic mass is 10.2. The molecule has 0 N–H and O–H groups in total. The first-order chi connectivity index (χ1) is 12.6. The molecule has 0 atom stereocenters. The van der Waals surface area contributed by atoms with E-state index in [1.165, 1.54) is 0 Å². The number of nitrogens with zero attached hydrogens (tertiary/aromatic N) is 3. The monoisotopic (exact) mass is 399 g/mol. The summed E-state index contributed by atoms with van der Waals surface area (Å²) in [5.41, 5.74) is -4.62. The van der Waals surface area contributed by atoms with Crippen molar-refractivity contribution in [3.8, 4) is 18.0 Å². The maximum absolute atomic E-state index is 14.5. The number of thiazole rings is 1. The Morgan fingerprint density at radius 2 is 1.85 bits per heavy atom. The van der Waals surface area contributed by atoms with Crippen molar-refractivity contribution < 1.29 is 17.6 Å². The number of rotatable bonds is 2. The van der Waals surface area contributed by atoms with E-state index >= 15 is 0 Å². The van der Waals surface area contributed by atoms with Crippen LogP contribution in [0.25, 0.3) is 15.9 Å². The van der Waals surface area contributed by atoms with Gasteiger partial charge >= 0.3 is 16.7 Å². The van der Waals surface area contributed by atoms with Gasteiger partial charge < -0.3 is 0 Å². The summed E-state index contributed by atoms with van der Waals surface area (Å²) in [4.78, 5) is 35.9. The molecule has 0 spiro atoms. The highest BCUT2D eigenvalue weighted by atomic mass is 32.1. The molecule has 0 saturated heterocycles. The zero-order chi connectivity index (χ0) is 20.1. The van der Waals surface area contributed by atoms with Crippen LogP contribution >= 0.6 is 11.3 Å². The molecule has 2 heterocycles. The molecule has 0 aliphatic carbocycles. The molecule has 1 aromatic carbocycles. The zero-order valence-electron chi connectivity index (χ0n) is 13.5. The molecule has 0 fully saturated rings. The summed E-state index contributed by atoms with van der Waals surface area (Å²) in [6.07, 6.45) is 0.255. The van der Waals surface area contributed by atoms with Crippen LogP contribution in [0, 0.1) is 18.2 Å². The number of terminal acetylenes is 1. The Labute approximate surface area is 151 Å². The quantitative estimate of drug-likeness (QED) is 0.487. The third kappa shape index (κ3) is 2.97. The van der Waals surface area contributed by atoms with Crippen molar-refractivity contribution in [3.05, 3.63) is 60.2 Å². The molecule has 0 aliphatic rings. The first-order valence-electron chi connectivity index (χ1n) is 7.23. The van der Waals surface area contributed by atoms with E-state index < -0.39 is 39.5 Å². The Hall–Kier alpha value is -3.13. The Morgan fingerprint density at radius 3 is 2.44 bits per heavy atom. The first-order valence-corrected chi connectivity index (χ1v) is 8.05. The fraction of sp³-hybridized carbons (Fsp3) is 0.188. The fourth-order valence-electron chi connectivity index (χ4n) is 2.60. The van der Waals surface area contributed by atoms with Gasteiger partial charge in [0, 0.05) is 13.1 Å². The van der Waals surface area contributed by atoms with Crippen molar-refractivity contribution in [2.45, 2.75) is 12.7 Å². The van der Waals surface area contributed by atoms with E-state index in [1.807, 2.05) is 0 Å². The number of benzene rings is 1. The van der Waals surface area contributed by atoms with Crippen molar-refractivity contribution in [2.24, 2.45) is 7.05 Å². The molecular formula is C16H9F4N3O3S. The minimum absolute atomic E-state index is 0.135. The number of alkyl halides is 3. The third-order valence-electron chi connectivity index (χ3n) is 3.84. The standard InChI is InChI=1S/C16H9F4N3O3S/c1-3-4-22-10-6-9(8(17)5-11(10)27-15(22)26)23-13(24)7-12(16(18,19)20)21(2)14(23)25/h1,5-7H,4H2,2H3. The summed E-state index contributed by atoms with van der Waals surface area (Å²) in [7, 11) is 0.816. The molecule has 2 aromatic heterocycles. The Morgan fingerprint density at radius 1 is 1.19 bits per heavy atom. The SMILES string of the molecule is C#CCn1c(=O)sc2cc(F)c(-n3c(=O)cc(C(F)(F)F)n(C)c3=O)cc21. The summed E-state index contributed by atoms with van der Waals surface area (Å²) in [5, 5.41) is 0. The molecule has 0 aliphatic heterocycles. The second-order valence-corrected chi connectivity index (χ2v) is 6.47. The van der Waals surface area contributed by atoms with Gasteiger partial charge in [0.1, 0.15) is 11.5 Å². The number of halogens is 4. The van der Waals surface area contributed by atoms with Gasteiger partial charge in [0.2, 0.25) is 0 Å². The Balaban J connectivity index is 2.38. The molecule has 6 nitrogen and oxygen atoms in total. The molecule has 0 saturated carbocycles. The van der Waals surface area contributed by atoms with E-state index in [-0.39, 0.29) is 32.0 Å². The normalized spacial score (nSPS) is 11.7. The topological polar surface area (TPSA) is 66.0 Å². The first kappa shape index (κ1) is 18.7. The van der Waals surface area contributed by atoms with Crippen LogP contribution in [0.2, 0.25) is 0 Å². The molecule has 27 heavy (non-hydrogen) atoms. The van der Waals surface area contributed by atoms with Crippen LogP contribution in [0.15, 0.2) is 32.6 Å². The summed E-state index contributed by atoms with van der Waals surface area (Å²) in [6, 6.07) is 2.16. The van der Waals surface area contributed by atoms with Gasteiger partial charge in [0.25, 0.3) is 5.56 Å².